The van der Waals surface area contributed by atoms with Crippen molar-refractivity contribution in [2.24, 2.45) is 0 Å². The molecule has 0 N–H and O–H groups in total. The van der Waals surface area contributed by atoms with E-state index in [1.54, 1.807) is 4.90 Å². The maximum atomic E-state index is 12.1. The van der Waals surface area contributed by atoms with Gasteiger partial charge >= 0.3 is 5.97 Å². The van der Waals surface area contributed by atoms with Gasteiger partial charge in [0, 0.05) is 25.2 Å². The summed E-state index contributed by atoms with van der Waals surface area (Å²) >= 11 is 0. The van der Waals surface area contributed by atoms with Crippen molar-refractivity contribution in [3.63, 3.8) is 0 Å². The molecule has 0 aromatic heterocycles. The number of nitro benzene ring substituents is 1. The molecular weight excluding hydrogens is 332 g/mol. The molecule has 1 amide bonds. The van der Waals surface area contributed by atoms with Gasteiger partial charge in [0.2, 0.25) is 0 Å². The fraction of sp³-hybridized carbons (Fsp3) is 0.500. The Morgan fingerprint density at radius 3 is 2.36 bits per heavy atom. The van der Waals surface area contributed by atoms with Gasteiger partial charge in [0.1, 0.15) is 5.75 Å². The van der Waals surface area contributed by atoms with Gasteiger partial charge in [0.05, 0.1) is 17.1 Å². The minimum atomic E-state index is -0.693. The van der Waals surface area contributed by atoms with Crippen molar-refractivity contribution in [2.75, 3.05) is 26.3 Å². The highest BCUT2D eigenvalue weighted by Gasteiger charge is 2.26. The number of nitro groups is 1. The third-order valence-corrected chi connectivity index (χ3v) is 3.53. The standard InChI is InChI=1S/C16H20N2O7/c1-11-7-17(8-12(2)25-11)15(19)9-24-16(20)10-23-14-5-3-13(4-6-14)18(21)22/h3-6,11-12H,7-10H2,1-2H3/t11-,12-/m1/s1. The first-order chi connectivity index (χ1) is 11.8. The molecule has 2 rings (SSSR count). The average Bonchev–Trinajstić information content (AvgIpc) is 2.57. The second-order valence-corrected chi connectivity index (χ2v) is 5.76. The zero-order valence-corrected chi connectivity index (χ0v) is 14.0. The Bertz CT molecular complexity index is 622. The van der Waals surface area contributed by atoms with Gasteiger partial charge in [0.15, 0.2) is 13.2 Å². The molecule has 0 saturated carbocycles. The Hall–Kier alpha value is -2.68. The molecule has 1 heterocycles. The lowest BCUT2D eigenvalue weighted by atomic mass is 10.2. The Kier molecular flexibility index (Phi) is 6.29. The predicted octanol–water partition coefficient (Wildman–Crippen LogP) is 1.15. The summed E-state index contributed by atoms with van der Waals surface area (Å²) in [6.07, 6.45) is -0.122. The summed E-state index contributed by atoms with van der Waals surface area (Å²) in [5.74, 6) is -0.684. The van der Waals surface area contributed by atoms with E-state index in [1.807, 2.05) is 13.8 Å². The van der Waals surface area contributed by atoms with Crippen LogP contribution >= 0.6 is 0 Å². The van der Waals surface area contributed by atoms with Crippen molar-refractivity contribution in [3.8, 4) is 5.75 Å². The molecule has 1 aliphatic heterocycles. The lowest BCUT2D eigenvalue weighted by Crippen LogP contribution is -2.49. The van der Waals surface area contributed by atoms with Crippen LogP contribution in [0.15, 0.2) is 24.3 Å². The molecule has 25 heavy (non-hydrogen) atoms. The van der Waals surface area contributed by atoms with Crippen LogP contribution in [0.4, 0.5) is 5.69 Å². The molecule has 2 atom stereocenters. The van der Waals surface area contributed by atoms with Crippen LogP contribution in [0.3, 0.4) is 0 Å². The molecule has 1 aromatic rings. The van der Waals surface area contributed by atoms with Crippen molar-refractivity contribution >= 4 is 17.6 Å². The molecule has 136 valence electrons. The summed E-state index contributed by atoms with van der Waals surface area (Å²) in [6.45, 7) is 3.92. The molecule has 0 radical (unpaired) electrons. The largest absolute Gasteiger partial charge is 0.482 e. The highest BCUT2D eigenvalue weighted by molar-refractivity contribution is 5.81. The first kappa shape index (κ1) is 18.7. The number of rotatable bonds is 6. The van der Waals surface area contributed by atoms with Crippen LogP contribution < -0.4 is 4.74 Å². The summed E-state index contributed by atoms with van der Waals surface area (Å²) in [6, 6.07) is 5.30. The molecular formula is C16H20N2O7. The average molecular weight is 352 g/mol. The van der Waals surface area contributed by atoms with Gasteiger partial charge in [-0.15, -0.1) is 0 Å². The summed E-state index contributed by atoms with van der Waals surface area (Å²) in [5.41, 5.74) is -0.0745. The molecule has 0 unspecified atom stereocenters. The maximum Gasteiger partial charge on any atom is 0.344 e. The summed E-state index contributed by atoms with van der Waals surface area (Å²) in [5, 5.41) is 10.5. The van der Waals surface area contributed by atoms with Gasteiger partial charge in [-0.2, -0.15) is 0 Å². The maximum absolute atomic E-state index is 12.1. The fourth-order valence-corrected chi connectivity index (χ4v) is 2.46. The van der Waals surface area contributed by atoms with Crippen molar-refractivity contribution in [1.29, 1.82) is 0 Å². The lowest BCUT2D eigenvalue weighted by molar-refractivity contribution is -0.384. The number of non-ortho nitro benzene ring substituents is 1. The van der Waals surface area contributed by atoms with E-state index in [1.165, 1.54) is 24.3 Å². The monoisotopic (exact) mass is 352 g/mol. The Labute approximate surface area is 144 Å². The number of carbonyl (C=O) groups excluding carboxylic acids is 2. The smallest absolute Gasteiger partial charge is 0.344 e. The van der Waals surface area contributed by atoms with E-state index in [0.29, 0.717) is 18.8 Å². The van der Waals surface area contributed by atoms with Crippen LogP contribution in [0.25, 0.3) is 0 Å². The highest BCUT2D eigenvalue weighted by Crippen LogP contribution is 2.17. The molecule has 9 nitrogen and oxygen atoms in total. The summed E-state index contributed by atoms with van der Waals surface area (Å²) in [4.78, 5) is 35.3. The molecule has 1 aromatic carbocycles. The Morgan fingerprint density at radius 1 is 1.20 bits per heavy atom. The van der Waals surface area contributed by atoms with Gasteiger partial charge in [-0.1, -0.05) is 0 Å². The number of nitrogens with zero attached hydrogens (tertiary/aromatic N) is 2. The molecule has 9 heteroatoms. The number of amides is 1. The first-order valence-corrected chi connectivity index (χ1v) is 7.81. The normalized spacial score (nSPS) is 20.0. The number of carbonyl (C=O) groups is 2. The Morgan fingerprint density at radius 2 is 1.80 bits per heavy atom. The lowest BCUT2D eigenvalue weighted by Gasteiger charge is -2.35. The van der Waals surface area contributed by atoms with E-state index in [0.717, 1.165) is 0 Å². The number of benzene rings is 1. The number of ether oxygens (including phenoxy) is 3. The van der Waals surface area contributed by atoms with E-state index in [2.05, 4.69) is 0 Å². The summed E-state index contributed by atoms with van der Waals surface area (Å²) in [7, 11) is 0. The second-order valence-electron chi connectivity index (χ2n) is 5.76. The van der Waals surface area contributed by atoms with E-state index >= 15 is 0 Å². The van der Waals surface area contributed by atoms with Crippen molar-refractivity contribution in [2.45, 2.75) is 26.1 Å². The van der Waals surface area contributed by atoms with Crippen LogP contribution in [0.1, 0.15) is 13.8 Å². The molecule has 0 spiro atoms. The van der Waals surface area contributed by atoms with Crippen LogP contribution in [-0.2, 0) is 19.1 Å². The molecule has 0 aliphatic carbocycles. The highest BCUT2D eigenvalue weighted by atomic mass is 16.6. The van der Waals surface area contributed by atoms with E-state index in [4.69, 9.17) is 14.2 Å². The third kappa shape index (κ3) is 5.71. The number of morpholine rings is 1. The van der Waals surface area contributed by atoms with Crippen LogP contribution in [0, 0.1) is 10.1 Å². The number of hydrogen-bond acceptors (Lipinski definition) is 7. The van der Waals surface area contributed by atoms with Crippen LogP contribution in [0.2, 0.25) is 0 Å². The van der Waals surface area contributed by atoms with Crippen molar-refractivity contribution in [3.05, 3.63) is 34.4 Å². The van der Waals surface area contributed by atoms with Crippen molar-refractivity contribution < 1.29 is 28.7 Å². The van der Waals surface area contributed by atoms with Gasteiger partial charge in [-0.05, 0) is 26.0 Å². The molecule has 0 bridgehead atoms. The van der Waals surface area contributed by atoms with Crippen LogP contribution in [0.5, 0.6) is 5.75 Å². The summed E-state index contributed by atoms with van der Waals surface area (Å²) < 4.78 is 15.6. The van der Waals surface area contributed by atoms with Gasteiger partial charge in [-0.3, -0.25) is 14.9 Å². The third-order valence-electron chi connectivity index (χ3n) is 3.53. The van der Waals surface area contributed by atoms with E-state index < -0.39 is 10.9 Å². The fourth-order valence-electron chi connectivity index (χ4n) is 2.46. The zero-order valence-electron chi connectivity index (χ0n) is 14.0. The Balaban J connectivity index is 1.73. The van der Waals surface area contributed by atoms with E-state index in [-0.39, 0.29) is 37.0 Å². The molecule has 1 fully saturated rings. The molecule has 1 aliphatic rings. The predicted molar refractivity (Wildman–Crippen MR) is 86.1 cm³/mol. The van der Waals surface area contributed by atoms with E-state index in [9.17, 15) is 19.7 Å². The molecule has 1 saturated heterocycles. The zero-order chi connectivity index (χ0) is 18.4. The quantitative estimate of drug-likeness (QED) is 0.429. The first-order valence-electron chi connectivity index (χ1n) is 7.81. The van der Waals surface area contributed by atoms with Gasteiger partial charge < -0.3 is 19.1 Å². The number of hydrogen-bond donors (Lipinski definition) is 0. The topological polar surface area (TPSA) is 108 Å². The minimum absolute atomic E-state index is 0.0612. The van der Waals surface area contributed by atoms with Crippen LogP contribution in [-0.4, -0.2) is 60.2 Å². The minimum Gasteiger partial charge on any atom is -0.482 e. The van der Waals surface area contributed by atoms with Gasteiger partial charge in [-0.25, -0.2) is 4.79 Å². The second kappa shape index (κ2) is 8.43. The SMILES string of the molecule is C[C@@H]1CN(C(=O)COC(=O)COc2ccc([N+](=O)[O-])cc2)C[C@@H](C)O1. The number of esters is 1. The van der Waals surface area contributed by atoms with Crippen molar-refractivity contribution in [1.82, 2.24) is 4.90 Å². The van der Waals surface area contributed by atoms with Gasteiger partial charge in [0.25, 0.3) is 11.6 Å².